The van der Waals surface area contributed by atoms with Crippen molar-refractivity contribution >= 4 is 5.97 Å². The number of aryl methyl sites for hydroxylation is 1. The second-order valence-electron chi connectivity index (χ2n) is 6.77. The summed E-state index contributed by atoms with van der Waals surface area (Å²) in [5.41, 5.74) is 0.825. The monoisotopic (exact) mass is 397 g/mol. The number of unbranched alkanes of at least 4 members (excludes halogenated alkanes) is 11. The molecule has 1 aromatic carbocycles. The van der Waals surface area contributed by atoms with Crippen LogP contribution < -0.4 is 5.11 Å². The van der Waals surface area contributed by atoms with Gasteiger partial charge in [0.25, 0.3) is 0 Å². The molecular weight excluding hydrogens is 366 g/mol. The molecule has 136 valence electrons. The molecule has 0 aliphatic heterocycles. The summed E-state index contributed by atoms with van der Waals surface area (Å²) < 4.78 is 0. The van der Waals surface area contributed by atoms with Crippen molar-refractivity contribution in [2.24, 2.45) is 0 Å². The number of carbonyl (C=O) groups is 1. The largest absolute Gasteiger partial charge is 2.00 e. The van der Waals surface area contributed by atoms with E-state index in [1.54, 1.807) is 6.07 Å². The molecule has 3 nitrogen and oxygen atoms in total. The number of hydrogen-bond donors (Lipinski definition) is 1. The predicted octanol–water partition coefficient (Wildman–Crippen LogP) is 5.70. The molecule has 1 rings (SSSR count). The zero-order chi connectivity index (χ0) is 17.6. The molecule has 0 radical (unpaired) electrons. The first-order chi connectivity index (χ1) is 11.6. The van der Waals surface area contributed by atoms with Crippen LogP contribution in [-0.2, 0) is 25.9 Å². The minimum absolute atomic E-state index is 0. The molecule has 0 saturated heterocycles. The fourth-order valence-corrected chi connectivity index (χ4v) is 3.07. The third-order valence-corrected chi connectivity index (χ3v) is 4.60. The van der Waals surface area contributed by atoms with E-state index in [1.165, 1.54) is 82.8 Å². The predicted molar refractivity (Wildman–Crippen MR) is 97.6 cm³/mol. The average molecular weight is 399 g/mol. The standard InChI is InChI=1S/C21H34O3.Zn/c1-2-3-4-5-6-7-8-9-10-11-12-13-14-18-15-16-19(21(23)24)20(22)17-18;/h15-17,22H,2-14H2,1H3,(H,23,24);/q;+2/p-1. The molecule has 0 aromatic heterocycles. The maximum Gasteiger partial charge on any atom is 2.00 e. The topological polar surface area (TPSA) is 60.4 Å². The molecule has 0 heterocycles. The van der Waals surface area contributed by atoms with E-state index in [1.807, 2.05) is 0 Å². The number of hydrogen-bond acceptors (Lipinski definition) is 2. The van der Waals surface area contributed by atoms with Gasteiger partial charge in [-0.2, -0.15) is 0 Å². The molecule has 0 saturated carbocycles. The number of aromatic carboxylic acids is 1. The summed E-state index contributed by atoms with van der Waals surface area (Å²) in [6.45, 7) is 2.25. The molecule has 0 unspecified atom stereocenters. The Morgan fingerprint density at radius 2 is 1.36 bits per heavy atom. The van der Waals surface area contributed by atoms with Gasteiger partial charge in [0.1, 0.15) is 0 Å². The molecule has 0 aliphatic rings. The minimum atomic E-state index is -1.14. The summed E-state index contributed by atoms with van der Waals surface area (Å²) in [6.07, 6.45) is 16.7. The Morgan fingerprint density at radius 1 is 0.880 bits per heavy atom. The molecule has 0 amide bonds. The maximum absolute atomic E-state index is 11.6. The Hall–Kier alpha value is -0.887. The number of rotatable bonds is 14. The molecule has 25 heavy (non-hydrogen) atoms. The van der Waals surface area contributed by atoms with Gasteiger partial charge in [-0.05, 0) is 24.5 Å². The van der Waals surface area contributed by atoms with E-state index in [0.717, 1.165) is 18.4 Å². The SMILES string of the molecule is CCCCCCCCCCCCCCc1ccc(C(=O)O)c([O-])c1.[Zn+2]. The molecule has 0 atom stereocenters. The van der Waals surface area contributed by atoms with Gasteiger partial charge in [-0.3, -0.25) is 0 Å². The first-order valence-electron chi connectivity index (χ1n) is 9.68. The zero-order valence-corrected chi connectivity index (χ0v) is 18.9. The van der Waals surface area contributed by atoms with Gasteiger partial charge in [0, 0.05) is 0 Å². The summed E-state index contributed by atoms with van der Waals surface area (Å²) in [5.74, 6) is -1.52. The second-order valence-corrected chi connectivity index (χ2v) is 6.77. The van der Waals surface area contributed by atoms with Crippen molar-refractivity contribution in [1.82, 2.24) is 0 Å². The summed E-state index contributed by atoms with van der Waals surface area (Å²) in [4.78, 5) is 10.8. The second kappa shape index (κ2) is 15.4. The maximum atomic E-state index is 11.6. The smallest absolute Gasteiger partial charge is 0.872 e. The first kappa shape index (κ1) is 24.1. The van der Waals surface area contributed by atoms with E-state index < -0.39 is 5.97 Å². The number of benzene rings is 1. The molecule has 0 fully saturated rings. The van der Waals surface area contributed by atoms with Crippen molar-refractivity contribution in [3.63, 3.8) is 0 Å². The van der Waals surface area contributed by atoms with Crippen LogP contribution in [0.4, 0.5) is 0 Å². The van der Waals surface area contributed by atoms with Gasteiger partial charge < -0.3 is 10.2 Å². The molecule has 0 bridgehead atoms. The minimum Gasteiger partial charge on any atom is -0.872 e. The fourth-order valence-electron chi connectivity index (χ4n) is 3.07. The Kier molecular flexibility index (Phi) is 14.8. The van der Waals surface area contributed by atoms with Crippen LogP contribution in [0, 0.1) is 0 Å². The van der Waals surface area contributed by atoms with Crippen LogP contribution in [-0.4, -0.2) is 11.1 Å². The summed E-state index contributed by atoms with van der Waals surface area (Å²) >= 11 is 0. The third kappa shape index (κ3) is 11.4. The van der Waals surface area contributed by atoms with Crippen LogP contribution in [0.3, 0.4) is 0 Å². The Labute approximate surface area is 166 Å². The summed E-state index contributed by atoms with van der Waals surface area (Å²) in [7, 11) is 0. The van der Waals surface area contributed by atoms with Gasteiger partial charge >= 0.3 is 25.4 Å². The van der Waals surface area contributed by atoms with Crippen molar-refractivity contribution in [2.75, 3.05) is 0 Å². The van der Waals surface area contributed by atoms with Gasteiger partial charge in [0.05, 0.1) is 5.56 Å². The van der Waals surface area contributed by atoms with Crippen LogP contribution in [0.1, 0.15) is 99.9 Å². The van der Waals surface area contributed by atoms with Crippen LogP contribution in [0.25, 0.3) is 0 Å². The van der Waals surface area contributed by atoms with E-state index in [0.29, 0.717) is 0 Å². The number of carboxylic acids is 1. The normalized spacial score (nSPS) is 10.4. The summed E-state index contributed by atoms with van der Waals surface area (Å²) in [5, 5.41) is 20.5. The van der Waals surface area contributed by atoms with E-state index in [-0.39, 0.29) is 30.8 Å². The molecule has 0 spiro atoms. The van der Waals surface area contributed by atoms with Crippen molar-refractivity contribution < 1.29 is 34.5 Å². The molecule has 1 N–H and O–H groups in total. The van der Waals surface area contributed by atoms with E-state index in [4.69, 9.17) is 5.11 Å². The Morgan fingerprint density at radius 3 is 1.80 bits per heavy atom. The van der Waals surface area contributed by atoms with Gasteiger partial charge in [-0.1, -0.05) is 95.4 Å². The molecule has 4 heteroatoms. The van der Waals surface area contributed by atoms with Crippen LogP contribution >= 0.6 is 0 Å². The first-order valence-corrected chi connectivity index (χ1v) is 9.68. The fraction of sp³-hybridized carbons (Fsp3) is 0.667. The van der Waals surface area contributed by atoms with Crippen molar-refractivity contribution in [3.8, 4) is 5.75 Å². The van der Waals surface area contributed by atoms with E-state index in [2.05, 4.69) is 6.92 Å². The van der Waals surface area contributed by atoms with Crippen LogP contribution in [0.15, 0.2) is 18.2 Å². The van der Waals surface area contributed by atoms with Crippen LogP contribution in [0.5, 0.6) is 5.75 Å². The van der Waals surface area contributed by atoms with Crippen LogP contribution in [0.2, 0.25) is 0 Å². The van der Waals surface area contributed by atoms with Gasteiger partial charge in [0.15, 0.2) is 0 Å². The van der Waals surface area contributed by atoms with Crippen molar-refractivity contribution in [3.05, 3.63) is 29.3 Å². The van der Waals surface area contributed by atoms with E-state index >= 15 is 0 Å². The molecule has 0 aliphatic carbocycles. The van der Waals surface area contributed by atoms with Crippen molar-refractivity contribution in [2.45, 2.75) is 90.4 Å². The number of carboxylic acid groups (broad SMARTS) is 1. The van der Waals surface area contributed by atoms with E-state index in [9.17, 15) is 9.90 Å². The van der Waals surface area contributed by atoms with Gasteiger partial charge in [-0.15, -0.1) is 0 Å². The van der Waals surface area contributed by atoms with Gasteiger partial charge in [0.2, 0.25) is 0 Å². The third-order valence-electron chi connectivity index (χ3n) is 4.60. The Bertz CT molecular complexity index is 474. The van der Waals surface area contributed by atoms with Crippen molar-refractivity contribution in [1.29, 1.82) is 0 Å². The summed E-state index contributed by atoms with van der Waals surface area (Å²) in [6, 6.07) is 4.67. The Balaban J connectivity index is 0.00000576. The van der Waals surface area contributed by atoms with Gasteiger partial charge in [-0.25, -0.2) is 4.79 Å². The molecular formula is C21H33O3Zn+. The molecule has 1 aromatic rings. The average Bonchev–Trinajstić information content (AvgIpc) is 2.55. The zero-order valence-electron chi connectivity index (χ0n) is 15.9. The quantitative estimate of drug-likeness (QED) is 0.323.